The van der Waals surface area contributed by atoms with E-state index in [0.29, 0.717) is 10.6 Å². The fourth-order valence-corrected chi connectivity index (χ4v) is 2.70. The van der Waals surface area contributed by atoms with Gasteiger partial charge in [-0.05, 0) is 57.3 Å². The summed E-state index contributed by atoms with van der Waals surface area (Å²) in [5.41, 5.74) is 0.318. The SMILES string of the molecule is C[C@@H](OC(=O)c1cccc(NC(=O)c2cccs2)c1)C(=O)NC(C)(C)C. The zero-order valence-corrected chi connectivity index (χ0v) is 16.0. The Morgan fingerprint density at radius 2 is 1.85 bits per heavy atom. The van der Waals surface area contributed by atoms with E-state index in [1.807, 2.05) is 26.2 Å². The van der Waals surface area contributed by atoms with Crippen molar-refractivity contribution in [3.8, 4) is 0 Å². The lowest BCUT2D eigenvalue weighted by Crippen LogP contribution is -2.46. The molecule has 0 aliphatic carbocycles. The molecule has 0 unspecified atom stereocenters. The van der Waals surface area contributed by atoms with Gasteiger partial charge in [0.15, 0.2) is 6.10 Å². The van der Waals surface area contributed by atoms with Crippen LogP contribution in [0.25, 0.3) is 0 Å². The topological polar surface area (TPSA) is 84.5 Å². The van der Waals surface area contributed by atoms with E-state index in [-0.39, 0.29) is 17.4 Å². The third kappa shape index (κ3) is 5.70. The van der Waals surface area contributed by atoms with E-state index in [9.17, 15) is 14.4 Å². The van der Waals surface area contributed by atoms with Crippen LogP contribution < -0.4 is 10.6 Å². The standard InChI is InChI=1S/C19H22N2O4S/c1-12(16(22)21-19(2,3)4)25-18(24)13-7-5-8-14(11-13)20-17(23)15-9-6-10-26-15/h5-12H,1-4H3,(H,20,23)(H,21,22)/t12-/m1/s1. The first kappa shape index (κ1) is 19.7. The van der Waals surface area contributed by atoms with Gasteiger partial charge in [-0.25, -0.2) is 4.79 Å². The summed E-state index contributed by atoms with van der Waals surface area (Å²) in [7, 11) is 0. The number of benzene rings is 1. The van der Waals surface area contributed by atoms with Crippen LogP contribution in [0.1, 0.15) is 47.7 Å². The van der Waals surface area contributed by atoms with Gasteiger partial charge in [0.25, 0.3) is 11.8 Å². The molecule has 0 fully saturated rings. The molecular formula is C19H22N2O4S. The fraction of sp³-hybridized carbons (Fsp3) is 0.316. The molecule has 0 saturated heterocycles. The molecule has 2 N–H and O–H groups in total. The number of nitrogens with one attached hydrogen (secondary N) is 2. The lowest BCUT2D eigenvalue weighted by atomic mass is 10.1. The molecular weight excluding hydrogens is 352 g/mol. The lowest BCUT2D eigenvalue weighted by Gasteiger charge is -2.23. The summed E-state index contributed by atoms with van der Waals surface area (Å²) in [5, 5.41) is 7.30. The van der Waals surface area contributed by atoms with Crippen LogP contribution in [0.5, 0.6) is 0 Å². The van der Waals surface area contributed by atoms with Gasteiger partial charge >= 0.3 is 5.97 Å². The second-order valence-electron chi connectivity index (χ2n) is 6.80. The number of ether oxygens (including phenoxy) is 1. The molecule has 1 heterocycles. The van der Waals surface area contributed by atoms with Gasteiger partial charge in [0, 0.05) is 11.2 Å². The third-order valence-corrected chi connectivity index (χ3v) is 4.12. The Hall–Kier alpha value is -2.67. The van der Waals surface area contributed by atoms with Gasteiger partial charge in [-0.15, -0.1) is 11.3 Å². The fourth-order valence-electron chi connectivity index (χ4n) is 2.08. The molecule has 0 spiro atoms. The van der Waals surface area contributed by atoms with Crippen molar-refractivity contribution in [3.05, 3.63) is 52.2 Å². The Labute approximate surface area is 156 Å². The molecule has 7 heteroatoms. The smallest absolute Gasteiger partial charge is 0.338 e. The van der Waals surface area contributed by atoms with Crippen molar-refractivity contribution in [1.29, 1.82) is 0 Å². The van der Waals surface area contributed by atoms with Crippen LogP contribution in [-0.2, 0) is 9.53 Å². The number of thiophene rings is 1. The first-order chi connectivity index (χ1) is 12.2. The summed E-state index contributed by atoms with van der Waals surface area (Å²) in [5.74, 6) is -1.25. The van der Waals surface area contributed by atoms with Crippen LogP contribution in [0.3, 0.4) is 0 Å². The van der Waals surface area contributed by atoms with Crippen LogP contribution in [0.4, 0.5) is 5.69 Å². The number of rotatable bonds is 5. The van der Waals surface area contributed by atoms with E-state index in [4.69, 9.17) is 4.74 Å². The molecule has 0 radical (unpaired) electrons. The number of carbonyl (C=O) groups is 3. The van der Waals surface area contributed by atoms with Crippen LogP contribution in [0.15, 0.2) is 41.8 Å². The van der Waals surface area contributed by atoms with Crippen molar-refractivity contribution >= 4 is 34.8 Å². The van der Waals surface area contributed by atoms with Gasteiger partial charge < -0.3 is 15.4 Å². The summed E-state index contributed by atoms with van der Waals surface area (Å²) >= 11 is 1.33. The maximum atomic E-state index is 12.3. The Kier molecular flexibility index (Phi) is 6.15. The molecule has 26 heavy (non-hydrogen) atoms. The van der Waals surface area contributed by atoms with E-state index in [2.05, 4.69) is 10.6 Å². The molecule has 0 saturated carbocycles. The zero-order valence-electron chi connectivity index (χ0n) is 15.2. The summed E-state index contributed by atoms with van der Waals surface area (Å²) in [4.78, 5) is 37.0. The van der Waals surface area contributed by atoms with E-state index < -0.39 is 17.6 Å². The maximum Gasteiger partial charge on any atom is 0.338 e. The Morgan fingerprint density at radius 1 is 1.12 bits per heavy atom. The van der Waals surface area contributed by atoms with Gasteiger partial charge in [-0.3, -0.25) is 9.59 Å². The predicted octanol–water partition coefficient (Wildman–Crippen LogP) is 3.46. The number of esters is 1. The molecule has 2 amide bonds. The average Bonchev–Trinajstić information content (AvgIpc) is 3.08. The summed E-state index contributed by atoms with van der Waals surface area (Å²) in [6, 6.07) is 9.91. The number of anilines is 1. The quantitative estimate of drug-likeness (QED) is 0.785. The summed E-state index contributed by atoms with van der Waals surface area (Å²) in [6.07, 6.45) is -0.925. The van der Waals surface area contributed by atoms with Crippen LogP contribution >= 0.6 is 11.3 Å². The normalized spacial score (nSPS) is 12.2. The van der Waals surface area contributed by atoms with E-state index in [1.165, 1.54) is 24.3 Å². The van der Waals surface area contributed by atoms with Crippen molar-refractivity contribution in [2.45, 2.75) is 39.3 Å². The second kappa shape index (κ2) is 8.14. The number of hydrogen-bond acceptors (Lipinski definition) is 5. The summed E-state index contributed by atoms with van der Waals surface area (Å²) < 4.78 is 5.21. The zero-order chi connectivity index (χ0) is 19.3. The van der Waals surface area contributed by atoms with Crippen molar-refractivity contribution in [1.82, 2.24) is 5.32 Å². The van der Waals surface area contributed by atoms with Crippen molar-refractivity contribution in [2.75, 3.05) is 5.32 Å². The van der Waals surface area contributed by atoms with Crippen molar-refractivity contribution in [3.63, 3.8) is 0 Å². The molecule has 2 rings (SSSR count). The minimum Gasteiger partial charge on any atom is -0.449 e. The van der Waals surface area contributed by atoms with Gasteiger partial charge in [0.2, 0.25) is 0 Å². The lowest BCUT2D eigenvalue weighted by molar-refractivity contribution is -0.130. The minimum atomic E-state index is -0.925. The monoisotopic (exact) mass is 374 g/mol. The largest absolute Gasteiger partial charge is 0.449 e. The molecule has 6 nitrogen and oxygen atoms in total. The highest BCUT2D eigenvalue weighted by atomic mass is 32.1. The Bertz CT molecular complexity index is 794. The van der Waals surface area contributed by atoms with Crippen LogP contribution in [0.2, 0.25) is 0 Å². The van der Waals surface area contributed by atoms with Gasteiger partial charge in [0.05, 0.1) is 10.4 Å². The highest BCUT2D eigenvalue weighted by Crippen LogP contribution is 2.16. The number of carbonyl (C=O) groups excluding carboxylic acids is 3. The molecule has 1 aromatic heterocycles. The minimum absolute atomic E-state index is 0.247. The number of hydrogen-bond donors (Lipinski definition) is 2. The second-order valence-corrected chi connectivity index (χ2v) is 7.75. The summed E-state index contributed by atoms with van der Waals surface area (Å²) in [6.45, 7) is 7.05. The Morgan fingerprint density at radius 3 is 2.46 bits per heavy atom. The first-order valence-corrected chi connectivity index (χ1v) is 9.01. The van der Waals surface area contributed by atoms with E-state index in [0.717, 1.165) is 0 Å². The third-order valence-electron chi connectivity index (χ3n) is 3.25. The molecule has 138 valence electrons. The van der Waals surface area contributed by atoms with E-state index in [1.54, 1.807) is 30.3 Å². The Balaban J connectivity index is 2.01. The maximum absolute atomic E-state index is 12.3. The van der Waals surface area contributed by atoms with Gasteiger partial charge in [0.1, 0.15) is 0 Å². The van der Waals surface area contributed by atoms with Crippen LogP contribution in [0, 0.1) is 0 Å². The molecule has 0 bridgehead atoms. The molecule has 0 aliphatic heterocycles. The first-order valence-electron chi connectivity index (χ1n) is 8.13. The molecule has 1 atom stereocenters. The highest BCUT2D eigenvalue weighted by Gasteiger charge is 2.23. The van der Waals surface area contributed by atoms with Crippen LogP contribution in [-0.4, -0.2) is 29.4 Å². The highest BCUT2D eigenvalue weighted by molar-refractivity contribution is 7.12. The van der Waals surface area contributed by atoms with Crippen molar-refractivity contribution < 1.29 is 19.1 Å². The number of amides is 2. The van der Waals surface area contributed by atoms with Crippen molar-refractivity contribution in [2.24, 2.45) is 0 Å². The van der Waals surface area contributed by atoms with Gasteiger partial charge in [-0.2, -0.15) is 0 Å². The predicted molar refractivity (Wildman–Crippen MR) is 101 cm³/mol. The average molecular weight is 374 g/mol. The van der Waals surface area contributed by atoms with Gasteiger partial charge in [-0.1, -0.05) is 12.1 Å². The molecule has 1 aromatic carbocycles. The molecule has 2 aromatic rings. The molecule has 0 aliphatic rings. The van der Waals surface area contributed by atoms with E-state index >= 15 is 0 Å².